The zero-order valence-corrected chi connectivity index (χ0v) is 20.8. The van der Waals surface area contributed by atoms with Crippen molar-refractivity contribution in [2.75, 3.05) is 11.5 Å². The SMILES string of the molecule is CC1=CC(C)(C)N(C(C)C)c2cc(C)c(/C=N\NC(=O)COc3cccc4ccccc34)cc21. The van der Waals surface area contributed by atoms with Gasteiger partial charge in [-0.2, -0.15) is 5.10 Å². The molecule has 0 radical (unpaired) electrons. The van der Waals surface area contributed by atoms with Crippen LogP contribution in [0.25, 0.3) is 16.3 Å². The van der Waals surface area contributed by atoms with Crippen LogP contribution in [0, 0.1) is 6.92 Å². The number of benzene rings is 3. The fraction of sp³-hybridized carbons (Fsp3) is 0.310. The molecular weight excluding hydrogens is 422 g/mol. The topological polar surface area (TPSA) is 53.9 Å². The van der Waals surface area contributed by atoms with Gasteiger partial charge in [0.05, 0.1) is 11.8 Å². The van der Waals surface area contributed by atoms with Crippen LogP contribution in [0.4, 0.5) is 5.69 Å². The summed E-state index contributed by atoms with van der Waals surface area (Å²) >= 11 is 0. The van der Waals surface area contributed by atoms with E-state index >= 15 is 0 Å². The maximum absolute atomic E-state index is 12.3. The lowest BCUT2D eigenvalue weighted by atomic mass is 9.86. The first-order valence-corrected chi connectivity index (χ1v) is 11.7. The highest BCUT2D eigenvalue weighted by Crippen LogP contribution is 2.41. The van der Waals surface area contributed by atoms with E-state index in [-0.39, 0.29) is 18.1 Å². The normalized spacial score (nSPS) is 14.9. The molecule has 5 nitrogen and oxygen atoms in total. The number of carbonyl (C=O) groups is 1. The Hall–Kier alpha value is -3.60. The van der Waals surface area contributed by atoms with Gasteiger partial charge in [0.15, 0.2) is 6.61 Å². The molecule has 0 aromatic heterocycles. The van der Waals surface area contributed by atoms with Gasteiger partial charge in [-0.3, -0.25) is 4.79 Å². The molecule has 1 heterocycles. The summed E-state index contributed by atoms with van der Waals surface area (Å²) in [6, 6.07) is 18.5. The number of hydrogen-bond donors (Lipinski definition) is 1. The second-order valence-electron chi connectivity index (χ2n) is 9.73. The molecule has 1 aliphatic rings. The van der Waals surface area contributed by atoms with Crippen LogP contribution in [-0.4, -0.2) is 30.3 Å². The number of allylic oxidation sites excluding steroid dienone is 1. The van der Waals surface area contributed by atoms with Gasteiger partial charge < -0.3 is 9.64 Å². The number of anilines is 1. The second-order valence-corrected chi connectivity index (χ2v) is 9.73. The lowest BCUT2D eigenvalue weighted by molar-refractivity contribution is -0.123. The van der Waals surface area contributed by atoms with Gasteiger partial charge in [0, 0.05) is 22.7 Å². The van der Waals surface area contributed by atoms with E-state index in [0.717, 1.165) is 21.9 Å². The summed E-state index contributed by atoms with van der Waals surface area (Å²) < 4.78 is 5.75. The number of hydrazone groups is 1. The van der Waals surface area contributed by atoms with Crippen molar-refractivity contribution >= 4 is 34.2 Å². The van der Waals surface area contributed by atoms with Gasteiger partial charge in [-0.15, -0.1) is 0 Å². The number of amides is 1. The van der Waals surface area contributed by atoms with Crippen LogP contribution in [-0.2, 0) is 4.79 Å². The van der Waals surface area contributed by atoms with E-state index in [1.54, 1.807) is 6.21 Å². The summed E-state index contributed by atoms with van der Waals surface area (Å²) in [6.07, 6.45) is 4.02. The van der Waals surface area contributed by atoms with Crippen molar-refractivity contribution in [1.29, 1.82) is 0 Å². The van der Waals surface area contributed by atoms with Crippen LogP contribution < -0.4 is 15.1 Å². The van der Waals surface area contributed by atoms with Crippen molar-refractivity contribution in [1.82, 2.24) is 5.43 Å². The third-order valence-corrected chi connectivity index (χ3v) is 6.28. The van der Waals surface area contributed by atoms with Gasteiger partial charge in [0.2, 0.25) is 0 Å². The minimum atomic E-state index is -0.302. The van der Waals surface area contributed by atoms with Crippen LogP contribution in [0.5, 0.6) is 5.75 Å². The highest BCUT2D eigenvalue weighted by Gasteiger charge is 2.33. The largest absolute Gasteiger partial charge is 0.483 e. The van der Waals surface area contributed by atoms with Gasteiger partial charge in [-0.1, -0.05) is 42.5 Å². The van der Waals surface area contributed by atoms with Crippen LogP contribution >= 0.6 is 0 Å². The average molecular weight is 456 g/mol. The minimum Gasteiger partial charge on any atom is -0.483 e. The maximum atomic E-state index is 12.3. The lowest BCUT2D eigenvalue weighted by Gasteiger charge is -2.46. The Kier molecular flexibility index (Phi) is 6.47. The maximum Gasteiger partial charge on any atom is 0.277 e. The average Bonchev–Trinajstić information content (AvgIpc) is 2.77. The second kappa shape index (κ2) is 9.34. The van der Waals surface area contributed by atoms with Crippen molar-refractivity contribution in [2.24, 2.45) is 5.10 Å². The Morgan fingerprint density at radius 2 is 1.85 bits per heavy atom. The van der Waals surface area contributed by atoms with Gasteiger partial charge in [0.25, 0.3) is 5.91 Å². The standard InChI is InChI=1S/C29H33N3O2/c1-19(2)32-26-14-20(3)23(15-25(26)21(4)16-29(32,5)6)17-30-31-28(33)18-34-27-13-9-11-22-10-7-8-12-24(22)27/h7-17,19H,18H2,1-6H3,(H,31,33)/b30-17-. The monoisotopic (exact) mass is 455 g/mol. The van der Waals surface area contributed by atoms with Crippen LogP contribution in [0.3, 0.4) is 0 Å². The van der Waals surface area contributed by atoms with E-state index in [1.165, 1.54) is 16.8 Å². The Morgan fingerprint density at radius 1 is 1.12 bits per heavy atom. The smallest absolute Gasteiger partial charge is 0.277 e. The first-order chi connectivity index (χ1) is 16.2. The summed E-state index contributed by atoms with van der Waals surface area (Å²) in [4.78, 5) is 14.8. The van der Waals surface area contributed by atoms with Crippen LogP contribution in [0.15, 0.2) is 65.8 Å². The van der Waals surface area contributed by atoms with Gasteiger partial charge >= 0.3 is 0 Å². The molecule has 0 aliphatic carbocycles. The van der Waals surface area contributed by atoms with E-state index in [2.05, 4.69) is 75.2 Å². The molecule has 1 amide bonds. The summed E-state index contributed by atoms with van der Waals surface area (Å²) in [5.74, 6) is 0.381. The van der Waals surface area contributed by atoms with Crippen molar-refractivity contribution < 1.29 is 9.53 Å². The number of carbonyl (C=O) groups excluding carboxylic acids is 1. The first kappa shape index (κ1) is 23.6. The van der Waals surface area contributed by atoms with Crippen molar-refractivity contribution in [3.05, 3.63) is 77.4 Å². The Labute approximate surface area is 202 Å². The number of aryl methyl sites for hydroxylation is 1. The molecule has 0 atom stereocenters. The molecule has 4 rings (SSSR count). The minimum absolute atomic E-state index is 0.0502. The molecule has 0 unspecified atom stereocenters. The molecule has 3 aromatic carbocycles. The van der Waals surface area contributed by atoms with Crippen LogP contribution in [0.2, 0.25) is 0 Å². The predicted molar refractivity (Wildman–Crippen MR) is 142 cm³/mol. The van der Waals surface area contributed by atoms with Gasteiger partial charge in [-0.25, -0.2) is 5.43 Å². The summed E-state index contributed by atoms with van der Waals surface area (Å²) in [7, 11) is 0. The molecule has 0 bridgehead atoms. The quantitative estimate of drug-likeness (QED) is 0.362. The van der Waals surface area contributed by atoms with Gasteiger partial charge in [0.1, 0.15) is 5.75 Å². The number of nitrogens with zero attached hydrogens (tertiary/aromatic N) is 2. The molecule has 0 fully saturated rings. The van der Waals surface area contributed by atoms with Crippen molar-refractivity contribution in [2.45, 2.75) is 53.1 Å². The molecule has 1 aliphatic heterocycles. The number of rotatable bonds is 6. The molecule has 176 valence electrons. The summed E-state index contributed by atoms with van der Waals surface area (Å²) in [6.45, 7) is 13.1. The van der Waals surface area contributed by atoms with E-state index in [0.29, 0.717) is 11.8 Å². The third kappa shape index (κ3) is 4.69. The molecule has 3 aromatic rings. The Morgan fingerprint density at radius 3 is 2.62 bits per heavy atom. The molecule has 1 N–H and O–H groups in total. The number of hydrogen-bond acceptors (Lipinski definition) is 4. The Bertz CT molecular complexity index is 1280. The lowest BCUT2D eigenvalue weighted by Crippen LogP contribution is -2.49. The summed E-state index contributed by atoms with van der Waals surface area (Å²) in [5.41, 5.74) is 8.31. The van der Waals surface area contributed by atoms with E-state index in [4.69, 9.17) is 4.74 Å². The molecule has 0 spiro atoms. The van der Waals surface area contributed by atoms with Crippen molar-refractivity contribution in [3.63, 3.8) is 0 Å². The fourth-order valence-electron chi connectivity index (χ4n) is 4.97. The zero-order chi connectivity index (χ0) is 24.5. The molecule has 34 heavy (non-hydrogen) atoms. The Balaban J connectivity index is 1.46. The predicted octanol–water partition coefficient (Wildman–Crippen LogP) is 6.09. The first-order valence-electron chi connectivity index (χ1n) is 11.7. The third-order valence-electron chi connectivity index (χ3n) is 6.28. The molecule has 0 saturated heterocycles. The van der Waals surface area contributed by atoms with E-state index in [1.807, 2.05) is 42.5 Å². The zero-order valence-electron chi connectivity index (χ0n) is 20.8. The van der Waals surface area contributed by atoms with Gasteiger partial charge in [-0.05, 0) is 81.8 Å². The molecular formula is C29H33N3O2. The number of fused-ring (bicyclic) bond motifs is 2. The summed E-state index contributed by atoms with van der Waals surface area (Å²) in [5, 5.41) is 6.25. The number of nitrogens with one attached hydrogen (secondary N) is 1. The highest BCUT2D eigenvalue weighted by molar-refractivity contribution is 5.91. The van der Waals surface area contributed by atoms with Crippen molar-refractivity contribution in [3.8, 4) is 5.75 Å². The highest BCUT2D eigenvalue weighted by atomic mass is 16.5. The van der Waals surface area contributed by atoms with E-state index < -0.39 is 0 Å². The van der Waals surface area contributed by atoms with Crippen LogP contribution in [0.1, 0.15) is 51.3 Å². The van der Waals surface area contributed by atoms with E-state index in [9.17, 15) is 4.79 Å². The fourth-order valence-corrected chi connectivity index (χ4v) is 4.97. The molecule has 5 heteroatoms. The molecule has 0 saturated carbocycles. The number of ether oxygens (including phenoxy) is 1.